The zero-order valence-corrected chi connectivity index (χ0v) is 21.0. The van der Waals surface area contributed by atoms with Crippen molar-refractivity contribution >= 4 is 40.1 Å². The highest BCUT2D eigenvalue weighted by atomic mass is 32.1. The van der Waals surface area contributed by atoms with Gasteiger partial charge in [-0.2, -0.15) is 10.2 Å². The lowest BCUT2D eigenvalue weighted by Gasteiger charge is -2.17. The van der Waals surface area contributed by atoms with E-state index in [4.69, 9.17) is 4.99 Å². The predicted octanol–water partition coefficient (Wildman–Crippen LogP) is 6.14. The van der Waals surface area contributed by atoms with Gasteiger partial charge in [-0.1, -0.05) is 47.5 Å². The molecule has 0 fully saturated rings. The number of nitrogens with zero attached hydrogens (tertiary/aromatic N) is 3. The number of thiophene rings is 1. The lowest BCUT2D eigenvalue weighted by molar-refractivity contribution is -0.116. The summed E-state index contributed by atoms with van der Waals surface area (Å²) < 4.78 is 0. The van der Waals surface area contributed by atoms with E-state index < -0.39 is 0 Å². The number of amides is 1. The summed E-state index contributed by atoms with van der Waals surface area (Å²) in [4.78, 5) is 20.8. The number of hydrogen-bond donors (Lipinski definition) is 1. The van der Waals surface area contributed by atoms with E-state index in [1.54, 1.807) is 11.3 Å². The van der Waals surface area contributed by atoms with E-state index in [1.807, 2.05) is 38.1 Å². The molecule has 2 aliphatic rings. The topological polar surface area (TPSA) is 66.2 Å². The summed E-state index contributed by atoms with van der Waals surface area (Å²) in [5.74, 6) is -0.110. The molecule has 1 aromatic heterocycles. The molecule has 0 aliphatic carbocycles. The van der Waals surface area contributed by atoms with Gasteiger partial charge < -0.3 is 5.32 Å². The van der Waals surface area contributed by atoms with Gasteiger partial charge in [0, 0.05) is 26.6 Å². The van der Waals surface area contributed by atoms with E-state index in [9.17, 15) is 4.79 Å². The molecule has 172 valence electrons. The molecular weight excluding hydrogens is 440 g/mol. The van der Waals surface area contributed by atoms with Crippen LogP contribution in [0.25, 0.3) is 0 Å². The number of carbonyl (C=O) groups is 1. The van der Waals surface area contributed by atoms with E-state index in [2.05, 4.69) is 60.6 Å². The summed E-state index contributed by atoms with van der Waals surface area (Å²) in [7, 11) is 0. The summed E-state index contributed by atoms with van der Waals surface area (Å²) in [5, 5.41) is 12.0. The molecule has 0 saturated heterocycles. The van der Waals surface area contributed by atoms with E-state index in [1.165, 1.54) is 26.4 Å². The van der Waals surface area contributed by atoms with Crippen LogP contribution in [0.4, 0.5) is 5.69 Å². The third-order valence-corrected chi connectivity index (χ3v) is 7.89. The van der Waals surface area contributed by atoms with Crippen molar-refractivity contribution in [2.45, 2.75) is 53.0 Å². The molecule has 2 aliphatic heterocycles. The summed E-state index contributed by atoms with van der Waals surface area (Å²) in [5.41, 5.74) is 9.38. The van der Waals surface area contributed by atoms with Crippen molar-refractivity contribution in [1.82, 2.24) is 0 Å². The standard InChI is InChI=1S/C28H28N4OS/c1-15-6-10-20(11-7-15)26-24-17(3)19(5)34-28(24)25-18(4)31-32-27(25)22(30-26)14-23(33)29-21-12-8-16(2)9-13-21/h6-13,22,25H,14H2,1-5H3,(H,29,33)/t22-,25?/m0/s1. The lowest BCUT2D eigenvalue weighted by atomic mass is 9.88. The number of anilines is 1. The summed E-state index contributed by atoms with van der Waals surface area (Å²) in [6.45, 7) is 10.5. The van der Waals surface area contributed by atoms with E-state index in [0.29, 0.717) is 0 Å². The van der Waals surface area contributed by atoms with Crippen molar-refractivity contribution in [2.75, 3.05) is 5.32 Å². The van der Waals surface area contributed by atoms with Crippen molar-refractivity contribution < 1.29 is 4.79 Å². The molecule has 0 saturated carbocycles. The van der Waals surface area contributed by atoms with Gasteiger partial charge in [-0.15, -0.1) is 11.3 Å². The Morgan fingerprint density at radius 1 is 0.912 bits per heavy atom. The third kappa shape index (κ3) is 4.03. The maximum atomic E-state index is 13.1. The van der Waals surface area contributed by atoms with Crippen molar-refractivity contribution in [2.24, 2.45) is 15.2 Å². The highest BCUT2D eigenvalue weighted by Crippen LogP contribution is 2.41. The van der Waals surface area contributed by atoms with E-state index in [0.717, 1.165) is 33.9 Å². The van der Waals surface area contributed by atoms with Crippen molar-refractivity contribution in [3.05, 3.63) is 86.1 Å². The van der Waals surface area contributed by atoms with Crippen LogP contribution in [-0.4, -0.2) is 29.1 Å². The molecule has 0 bridgehead atoms. The highest BCUT2D eigenvalue weighted by Gasteiger charge is 2.40. The smallest absolute Gasteiger partial charge is 0.226 e. The van der Waals surface area contributed by atoms with Gasteiger partial charge in [0.1, 0.15) is 6.04 Å². The number of rotatable bonds is 4. The molecule has 6 heteroatoms. The first-order valence-corrected chi connectivity index (χ1v) is 12.4. The number of carbonyl (C=O) groups excluding carboxylic acids is 1. The van der Waals surface area contributed by atoms with Gasteiger partial charge in [0.05, 0.1) is 29.5 Å². The lowest BCUT2D eigenvalue weighted by Crippen LogP contribution is -2.30. The first-order valence-electron chi connectivity index (χ1n) is 11.6. The third-order valence-electron chi connectivity index (χ3n) is 6.61. The van der Waals surface area contributed by atoms with Crippen molar-refractivity contribution in [3.63, 3.8) is 0 Å². The second-order valence-electron chi connectivity index (χ2n) is 9.20. The quantitative estimate of drug-likeness (QED) is 0.491. The Morgan fingerprint density at radius 3 is 2.24 bits per heavy atom. The highest BCUT2D eigenvalue weighted by molar-refractivity contribution is 7.13. The monoisotopic (exact) mass is 468 g/mol. The molecular formula is C28H28N4OS. The minimum atomic E-state index is -0.382. The largest absolute Gasteiger partial charge is 0.326 e. The van der Waals surface area contributed by atoms with Crippen LogP contribution in [0.1, 0.15) is 56.8 Å². The first-order chi connectivity index (χ1) is 16.3. The Labute approximate surface area is 204 Å². The molecule has 1 amide bonds. The van der Waals surface area contributed by atoms with Crippen LogP contribution in [0.3, 0.4) is 0 Å². The van der Waals surface area contributed by atoms with Gasteiger partial charge >= 0.3 is 0 Å². The molecule has 2 aromatic carbocycles. The van der Waals surface area contributed by atoms with Gasteiger partial charge in [-0.05, 0) is 52.3 Å². The second-order valence-corrected chi connectivity index (χ2v) is 10.5. The van der Waals surface area contributed by atoms with Crippen LogP contribution < -0.4 is 5.32 Å². The molecule has 5 rings (SSSR count). The molecule has 0 radical (unpaired) electrons. The number of fused-ring (bicyclic) bond motifs is 3. The van der Waals surface area contributed by atoms with Crippen LogP contribution in [-0.2, 0) is 4.79 Å². The Balaban J connectivity index is 1.58. The van der Waals surface area contributed by atoms with Gasteiger partial charge in [0.25, 0.3) is 0 Å². The van der Waals surface area contributed by atoms with Crippen LogP contribution in [0, 0.1) is 27.7 Å². The number of aryl methyl sites for hydroxylation is 3. The average molecular weight is 469 g/mol. The van der Waals surface area contributed by atoms with Crippen molar-refractivity contribution in [1.29, 1.82) is 0 Å². The SMILES string of the molecule is CC1=NN=C2C1c1sc(C)c(C)c1C(c1ccc(C)cc1)=N[C@H]2CC(=O)Nc1ccc(C)cc1. The molecule has 1 unspecified atom stereocenters. The van der Waals surface area contributed by atoms with Crippen LogP contribution >= 0.6 is 11.3 Å². The fourth-order valence-corrected chi connectivity index (χ4v) is 5.94. The van der Waals surface area contributed by atoms with E-state index in [-0.39, 0.29) is 24.3 Å². The van der Waals surface area contributed by atoms with E-state index >= 15 is 0 Å². The Morgan fingerprint density at radius 2 is 1.56 bits per heavy atom. The van der Waals surface area contributed by atoms with Crippen LogP contribution in [0.5, 0.6) is 0 Å². The average Bonchev–Trinajstić information content (AvgIpc) is 3.28. The van der Waals surface area contributed by atoms with Gasteiger partial charge in [-0.25, -0.2) is 0 Å². The summed E-state index contributed by atoms with van der Waals surface area (Å²) >= 11 is 1.79. The van der Waals surface area contributed by atoms with Crippen LogP contribution in [0.2, 0.25) is 0 Å². The maximum Gasteiger partial charge on any atom is 0.226 e. The zero-order chi connectivity index (χ0) is 24.0. The Kier molecular flexibility index (Phi) is 5.78. The van der Waals surface area contributed by atoms with Gasteiger partial charge in [0.15, 0.2) is 0 Å². The fourth-order valence-electron chi connectivity index (χ4n) is 4.59. The second kappa shape index (κ2) is 8.76. The molecule has 2 atom stereocenters. The Bertz CT molecular complexity index is 1360. The fraction of sp³-hybridized carbons (Fsp3) is 0.286. The van der Waals surface area contributed by atoms with Gasteiger partial charge in [-0.3, -0.25) is 9.79 Å². The minimum absolute atomic E-state index is 0.0312. The molecule has 1 N–H and O–H groups in total. The molecule has 0 spiro atoms. The van der Waals surface area contributed by atoms with Crippen molar-refractivity contribution in [3.8, 4) is 0 Å². The van der Waals surface area contributed by atoms with Crippen LogP contribution in [0.15, 0.2) is 63.7 Å². The Hall–Kier alpha value is -3.38. The summed E-state index contributed by atoms with van der Waals surface area (Å²) in [6.07, 6.45) is 0.217. The molecule has 5 nitrogen and oxygen atoms in total. The number of benzene rings is 2. The number of hydrogen-bond acceptors (Lipinski definition) is 5. The molecule has 3 aromatic rings. The maximum absolute atomic E-state index is 13.1. The van der Waals surface area contributed by atoms with Gasteiger partial charge in [0.2, 0.25) is 5.91 Å². The minimum Gasteiger partial charge on any atom is -0.326 e. The molecule has 34 heavy (non-hydrogen) atoms. The number of aliphatic imine (C=N–C) groups is 1. The zero-order valence-electron chi connectivity index (χ0n) is 20.1. The summed E-state index contributed by atoms with van der Waals surface area (Å²) in [6, 6.07) is 15.9. The molecule has 3 heterocycles. The normalized spacial score (nSPS) is 18.9. The number of nitrogens with one attached hydrogen (secondary N) is 1. The first kappa shape index (κ1) is 22.4. The predicted molar refractivity (Wildman–Crippen MR) is 142 cm³/mol.